The van der Waals surface area contributed by atoms with E-state index in [2.05, 4.69) is 30.5 Å². The zero-order valence-electron chi connectivity index (χ0n) is 14.1. The van der Waals surface area contributed by atoms with Crippen molar-refractivity contribution in [1.29, 1.82) is 0 Å². The summed E-state index contributed by atoms with van der Waals surface area (Å²) in [6.07, 6.45) is 2.33. The first-order chi connectivity index (χ1) is 11.7. The summed E-state index contributed by atoms with van der Waals surface area (Å²) in [5.41, 5.74) is 0.647. The van der Waals surface area contributed by atoms with Crippen molar-refractivity contribution < 1.29 is 9.59 Å². The molecule has 0 radical (unpaired) electrons. The van der Waals surface area contributed by atoms with Crippen LogP contribution >= 0.6 is 22.7 Å². The maximum absolute atomic E-state index is 12.3. The first-order valence-corrected chi connectivity index (χ1v) is 10.1. The Kier molecular flexibility index (Phi) is 7.46. The standard InChI is InChI=1S/C18H24N2O2S2/c1-3-13(4-2)17(15-6-5-10-24-15)20-16(21)7-9-19-18(22)14-8-11-23-12-14/h5-6,8,10-13,17H,3-4,7,9H2,1-2H3,(H,19,22)(H,20,21). The third-order valence-electron chi connectivity index (χ3n) is 4.11. The Morgan fingerprint density at radius 3 is 2.54 bits per heavy atom. The predicted octanol–water partition coefficient (Wildman–Crippen LogP) is 4.22. The fraction of sp³-hybridized carbons (Fsp3) is 0.444. The summed E-state index contributed by atoms with van der Waals surface area (Å²) in [4.78, 5) is 25.4. The average Bonchev–Trinajstić information content (AvgIpc) is 3.28. The molecular weight excluding hydrogens is 340 g/mol. The molecule has 2 amide bonds. The highest BCUT2D eigenvalue weighted by molar-refractivity contribution is 7.10. The number of rotatable bonds is 9. The zero-order valence-corrected chi connectivity index (χ0v) is 15.7. The van der Waals surface area contributed by atoms with Gasteiger partial charge in [0.1, 0.15) is 0 Å². The first kappa shape index (κ1) is 18.7. The molecular formula is C18H24N2O2S2. The summed E-state index contributed by atoms with van der Waals surface area (Å²) >= 11 is 3.16. The minimum Gasteiger partial charge on any atom is -0.351 e. The van der Waals surface area contributed by atoms with Gasteiger partial charge < -0.3 is 10.6 Å². The maximum Gasteiger partial charge on any atom is 0.252 e. The molecule has 0 aliphatic carbocycles. The van der Waals surface area contributed by atoms with Gasteiger partial charge in [0, 0.05) is 28.8 Å². The monoisotopic (exact) mass is 364 g/mol. The van der Waals surface area contributed by atoms with E-state index >= 15 is 0 Å². The van der Waals surface area contributed by atoms with E-state index in [1.54, 1.807) is 22.8 Å². The minimum atomic E-state index is -0.126. The normalized spacial score (nSPS) is 12.1. The maximum atomic E-state index is 12.3. The minimum absolute atomic E-state index is 0.0223. The van der Waals surface area contributed by atoms with Crippen LogP contribution in [0.1, 0.15) is 54.4 Å². The Bertz CT molecular complexity index is 620. The lowest BCUT2D eigenvalue weighted by Crippen LogP contribution is -2.35. The van der Waals surface area contributed by atoms with Crippen molar-refractivity contribution in [2.24, 2.45) is 5.92 Å². The van der Waals surface area contributed by atoms with Gasteiger partial charge in [0.2, 0.25) is 5.91 Å². The van der Waals surface area contributed by atoms with Crippen LogP contribution in [0.4, 0.5) is 0 Å². The van der Waals surface area contributed by atoms with Gasteiger partial charge >= 0.3 is 0 Å². The molecule has 2 heterocycles. The van der Waals surface area contributed by atoms with E-state index < -0.39 is 0 Å². The van der Waals surface area contributed by atoms with Crippen LogP contribution < -0.4 is 10.6 Å². The van der Waals surface area contributed by atoms with Crippen LogP contribution in [-0.4, -0.2) is 18.4 Å². The van der Waals surface area contributed by atoms with E-state index in [0.717, 1.165) is 12.8 Å². The molecule has 0 aliphatic heterocycles. The van der Waals surface area contributed by atoms with Gasteiger partial charge in [0.25, 0.3) is 5.91 Å². The second-order valence-electron chi connectivity index (χ2n) is 5.66. The fourth-order valence-electron chi connectivity index (χ4n) is 2.68. The van der Waals surface area contributed by atoms with Crippen LogP contribution in [0.15, 0.2) is 34.3 Å². The zero-order chi connectivity index (χ0) is 17.4. The molecule has 0 saturated heterocycles. The smallest absolute Gasteiger partial charge is 0.252 e. The van der Waals surface area contributed by atoms with E-state index in [1.165, 1.54) is 16.2 Å². The summed E-state index contributed by atoms with van der Waals surface area (Å²) < 4.78 is 0. The van der Waals surface area contributed by atoms with Gasteiger partial charge in [-0.2, -0.15) is 11.3 Å². The van der Waals surface area contributed by atoms with Gasteiger partial charge in [0.05, 0.1) is 6.04 Å². The summed E-state index contributed by atoms with van der Waals surface area (Å²) in [5, 5.41) is 11.6. The molecule has 1 atom stereocenters. The number of amides is 2. The number of carbonyl (C=O) groups is 2. The SMILES string of the molecule is CCC(CC)C(NC(=O)CCNC(=O)c1ccsc1)c1cccs1. The number of hydrogen-bond donors (Lipinski definition) is 2. The fourth-order valence-corrected chi connectivity index (χ4v) is 4.19. The van der Waals surface area contributed by atoms with E-state index in [-0.39, 0.29) is 24.3 Å². The van der Waals surface area contributed by atoms with Crippen LogP contribution in [0.5, 0.6) is 0 Å². The van der Waals surface area contributed by atoms with Crippen LogP contribution in [0.25, 0.3) is 0 Å². The molecule has 0 fully saturated rings. The topological polar surface area (TPSA) is 58.2 Å². The number of nitrogens with one attached hydrogen (secondary N) is 2. The molecule has 4 nitrogen and oxygen atoms in total. The van der Waals surface area contributed by atoms with Crippen molar-refractivity contribution in [3.05, 3.63) is 44.8 Å². The molecule has 2 rings (SSSR count). The molecule has 2 N–H and O–H groups in total. The van der Waals surface area contributed by atoms with Gasteiger partial charge in [-0.1, -0.05) is 32.8 Å². The lowest BCUT2D eigenvalue weighted by Gasteiger charge is -2.25. The quantitative estimate of drug-likeness (QED) is 0.700. The van der Waals surface area contributed by atoms with Crippen LogP contribution in [0.3, 0.4) is 0 Å². The number of carbonyl (C=O) groups excluding carboxylic acids is 2. The highest BCUT2D eigenvalue weighted by atomic mass is 32.1. The average molecular weight is 365 g/mol. The van der Waals surface area contributed by atoms with E-state index in [0.29, 0.717) is 18.0 Å². The van der Waals surface area contributed by atoms with E-state index in [1.807, 2.05) is 16.8 Å². The molecule has 6 heteroatoms. The Labute approximate surface area is 151 Å². The Hall–Kier alpha value is -1.66. The van der Waals surface area contributed by atoms with Gasteiger partial charge in [-0.05, 0) is 28.8 Å². The van der Waals surface area contributed by atoms with E-state index in [4.69, 9.17) is 0 Å². The van der Waals surface area contributed by atoms with Gasteiger partial charge in [-0.25, -0.2) is 0 Å². The van der Waals surface area contributed by atoms with Crippen molar-refractivity contribution in [3.8, 4) is 0 Å². The second kappa shape index (κ2) is 9.59. The molecule has 1 unspecified atom stereocenters. The molecule has 0 aliphatic rings. The molecule has 0 spiro atoms. The third-order valence-corrected chi connectivity index (χ3v) is 5.75. The number of thiophene rings is 2. The molecule has 0 saturated carbocycles. The number of hydrogen-bond acceptors (Lipinski definition) is 4. The molecule has 24 heavy (non-hydrogen) atoms. The Balaban J connectivity index is 1.85. The van der Waals surface area contributed by atoms with Crippen molar-refractivity contribution in [2.45, 2.75) is 39.2 Å². The summed E-state index contributed by atoms with van der Waals surface area (Å²) in [6.45, 7) is 4.66. The third kappa shape index (κ3) is 5.18. The Morgan fingerprint density at radius 2 is 1.96 bits per heavy atom. The van der Waals surface area contributed by atoms with Crippen LogP contribution in [-0.2, 0) is 4.79 Å². The molecule has 0 bridgehead atoms. The highest BCUT2D eigenvalue weighted by Gasteiger charge is 2.23. The van der Waals surface area contributed by atoms with E-state index in [9.17, 15) is 9.59 Å². The van der Waals surface area contributed by atoms with Gasteiger partial charge in [-0.3, -0.25) is 9.59 Å². The van der Waals surface area contributed by atoms with Crippen molar-refractivity contribution in [1.82, 2.24) is 10.6 Å². The summed E-state index contributed by atoms with van der Waals surface area (Å²) in [5.74, 6) is 0.276. The van der Waals surface area contributed by atoms with Gasteiger partial charge in [-0.15, -0.1) is 11.3 Å². The lowest BCUT2D eigenvalue weighted by atomic mass is 9.93. The lowest BCUT2D eigenvalue weighted by molar-refractivity contribution is -0.122. The van der Waals surface area contributed by atoms with Crippen molar-refractivity contribution >= 4 is 34.5 Å². The molecule has 2 aromatic rings. The largest absolute Gasteiger partial charge is 0.351 e. The van der Waals surface area contributed by atoms with Crippen LogP contribution in [0, 0.1) is 5.92 Å². The predicted molar refractivity (Wildman–Crippen MR) is 101 cm³/mol. The summed E-state index contributed by atoms with van der Waals surface area (Å²) in [6, 6.07) is 5.93. The summed E-state index contributed by atoms with van der Waals surface area (Å²) in [7, 11) is 0. The van der Waals surface area contributed by atoms with Crippen LogP contribution in [0.2, 0.25) is 0 Å². The second-order valence-corrected chi connectivity index (χ2v) is 7.41. The molecule has 0 aromatic carbocycles. The first-order valence-electron chi connectivity index (χ1n) is 8.28. The van der Waals surface area contributed by atoms with Crippen molar-refractivity contribution in [3.63, 3.8) is 0 Å². The molecule has 2 aromatic heterocycles. The molecule has 130 valence electrons. The van der Waals surface area contributed by atoms with Crippen molar-refractivity contribution in [2.75, 3.05) is 6.54 Å². The Morgan fingerprint density at radius 1 is 1.17 bits per heavy atom. The highest BCUT2D eigenvalue weighted by Crippen LogP contribution is 2.30. The van der Waals surface area contributed by atoms with Gasteiger partial charge in [0.15, 0.2) is 0 Å².